The van der Waals surface area contributed by atoms with Crippen molar-refractivity contribution in [3.63, 3.8) is 0 Å². The molecule has 0 saturated carbocycles. The molecule has 3 heterocycles. The summed E-state index contributed by atoms with van der Waals surface area (Å²) in [6.45, 7) is 6.15. The molecule has 5 nitrogen and oxygen atoms in total. The quantitative estimate of drug-likeness (QED) is 0.523. The molecule has 0 radical (unpaired) electrons. The minimum Gasteiger partial charge on any atom is -0.369 e. The third kappa shape index (κ3) is 2.87. The van der Waals surface area contributed by atoms with Crippen molar-refractivity contribution in [3.05, 3.63) is 47.0 Å². The van der Waals surface area contributed by atoms with Crippen LogP contribution in [0.3, 0.4) is 0 Å². The molecule has 1 unspecified atom stereocenters. The van der Waals surface area contributed by atoms with Crippen LogP contribution in [0.5, 0.6) is 0 Å². The second kappa shape index (κ2) is 6.77. The summed E-state index contributed by atoms with van der Waals surface area (Å²) in [5.41, 5.74) is 5.04. The summed E-state index contributed by atoms with van der Waals surface area (Å²) in [4.78, 5) is 7.29. The monoisotopic (exact) mass is 371 g/mol. The first-order chi connectivity index (χ1) is 12.5. The van der Waals surface area contributed by atoms with Gasteiger partial charge in [0.1, 0.15) is 0 Å². The average molecular weight is 372 g/mol. The van der Waals surface area contributed by atoms with Gasteiger partial charge in [0, 0.05) is 74.7 Å². The third-order valence-electron chi connectivity index (χ3n) is 6.14. The lowest BCUT2D eigenvalue weighted by atomic mass is 9.70. The summed E-state index contributed by atoms with van der Waals surface area (Å²) in [5, 5.41) is 9.16. The van der Waals surface area contributed by atoms with Crippen LogP contribution in [0.25, 0.3) is 0 Å². The Balaban J connectivity index is 1.82. The van der Waals surface area contributed by atoms with Crippen LogP contribution in [0.15, 0.2) is 47.0 Å². The van der Waals surface area contributed by atoms with E-state index in [1.165, 1.54) is 22.5 Å². The molecule has 0 aromatic rings. The van der Waals surface area contributed by atoms with Crippen LogP contribution in [0.4, 0.5) is 0 Å². The topological polar surface area (TPSA) is 36.8 Å². The zero-order chi connectivity index (χ0) is 18.3. The van der Waals surface area contributed by atoms with E-state index in [1.54, 1.807) is 10.5 Å². The fourth-order valence-electron chi connectivity index (χ4n) is 4.88. The Labute approximate surface area is 161 Å². The van der Waals surface area contributed by atoms with Crippen LogP contribution in [-0.2, 0) is 0 Å². The standard InChI is InChI=1S/C20H26ClN5/c1-23-9-11-25(12-10-23)18-6-8-26(21)19-4-3-16(5-7-22)13-20(19)15-24(2)14-17(18)20/h4-6,8H,3,9-15H2,1-2H3/b16-5+. The van der Waals surface area contributed by atoms with Crippen LogP contribution in [0, 0.1) is 16.7 Å². The molecule has 4 rings (SSSR count). The Hall–Kier alpha value is -1.74. The summed E-state index contributed by atoms with van der Waals surface area (Å²) in [5.74, 6) is 0. The molecule has 6 heteroatoms. The summed E-state index contributed by atoms with van der Waals surface area (Å²) in [6, 6.07) is 2.23. The number of hydrogen-bond donors (Lipinski definition) is 0. The fourth-order valence-corrected chi connectivity index (χ4v) is 5.17. The predicted octanol–water partition coefficient (Wildman–Crippen LogP) is 2.53. The lowest BCUT2D eigenvalue weighted by Crippen LogP contribution is -2.44. The molecule has 26 heavy (non-hydrogen) atoms. The van der Waals surface area contributed by atoms with Gasteiger partial charge in [-0.05, 0) is 38.6 Å². The van der Waals surface area contributed by atoms with Gasteiger partial charge in [0.2, 0.25) is 0 Å². The van der Waals surface area contributed by atoms with Crippen LogP contribution in [0.2, 0.25) is 0 Å². The van der Waals surface area contributed by atoms with Crippen LogP contribution in [-0.4, -0.2) is 72.5 Å². The fraction of sp³-hybridized carbons (Fsp3) is 0.550. The number of piperazine rings is 1. The van der Waals surface area contributed by atoms with Gasteiger partial charge in [0.15, 0.2) is 0 Å². The molecular weight excluding hydrogens is 346 g/mol. The minimum atomic E-state index is -0.125. The van der Waals surface area contributed by atoms with Gasteiger partial charge in [-0.2, -0.15) is 5.26 Å². The van der Waals surface area contributed by atoms with E-state index in [1.807, 2.05) is 6.20 Å². The van der Waals surface area contributed by atoms with E-state index >= 15 is 0 Å². The van der Waals surface area contributed by atoms with Crippen molar-refractivity contribution >= 4 is 11.8 Å². The zero-order valence-electron chi connectivity index (χ0n) is 15.6. The van der Waals surface area contributed by atoms with Crippen LogP contribution >= 0.6 is 11.8 Å². The summed E-state index contributed by atoms with van der Waals surface area (Å²) >= 11 is 6.68. The van der Waals surface area contributed by atoms with Crippen molar-refractivity contribution in [1.29, 1.82) is 5.26 Å². The van der Waals surface area contributed by atoms with Gasteiger partial charge in [0.25, 0.3) is 0 Å². The van der Waals surface area contributed by atoms with Gasteiger partial charge in [-0.1, -0.05) is 11.6 Å². The lowest BCUT2D eigenvalue weighted by Gasteiger charge is -2.41. The second-order valence-electron chi connectivity index (χ2n) is 7.94. The van der Waals surface area contributed by atoms with Crippen molar-refractivity contribution in [2.24, 2.45) is 5.41 Å². The Morgan fingerprint density at radius 2 is 1.96 bits per heavy atom. The number of rotatable bonds is 1. The maximum absolute atomic E-state index is 9.16. The third-order valence-corrected chi connectivity index (χ3v) is 6.43. The van der Waals surface area contributed by atoms with Crippen molar-refractivity contribution in [2.75, 3.05) is 53.4 Å². The zero-order valence-corrected chi connectivity index (χ0v) is 16.3. The lowest BCUT2D eigenvalue weighted by molar-refractivity contribution is 0.187. The molecule has 138 valence electrons. The van der Waals surface area contributed by atoms with E-state index in [9.17, 15) is 0 Å². The Morgan fingerprint density at radius 3 is 2.69 bits per heavy atom. The van der Waals surface area contributed by atoms with Gasteiger partial charge in [-0.25, -0.2) is 0 Å². The van der Waals surface area contributed by atoms with E-state index in [0.29, 0.717) is 0 Å². The normalized spacial score (nSPS) is 31.6. The molecule has 2 fully saturated rings. The van der Waals surface area contributed by atoms with Crippen LogP contribution < -0.4 is 0 Å². The summed E-state index contributed by atoms with van der Waals surface area (Å²) in [6.07, 6.45) is 9.84. The molecule has 0 amide bonds. The van der Waals surface area contributed by atoms with Crippen molar-refractivity contribution in [2.45, 2.75) is 12.8 Å². The van der Waals surface area contributed by atoms with Crippen molar-refractivity contribution < 1.29 is 0 Å². The second-order valence-corrected chi connectivity index (χ2v) is 8.30. The van der Waals surface area contributed by atoms with E-state index in [0.717, 1.165) is 52.1 Å². The number of allylic oxidation sites excluding steroid dienone is 4. The maximum Gasteiger partial charge on any atom is 0.0911 e. The number of likely N-dealkylation sites (tertiary alicyclic amines) is 1. The molecule has 3 aliphatic heterocycles. The Morgan fingerprint density at radius 1 is 1.19 bits per heavy atom. The Kier molecular flexibility index (Phi) is 4.60. The molecular formula is C20H26ClN5. The number of likely N-dealkylation sites (N-methyl/N-ethyl adjacent to an activating group) is 2. The number of halogens is 1. The first-order valence-electron chi connectivity index (χ1n) is 9.30. The molecule has 1 atom stereocenters. The van der Waals surface area contributed by atoms with Crippen LogP contribution in [0.1, 0.15) is 12.8 Å². The van der Waals surface area contributed by atoms with Crippen molar-refractivity contribution in [3.8, 4) is 6.07 Å². The molecule has 0 aromatic heterocycles. The molecule has 1 spiro atoms. The SMILES string of the molecule is CN1CCN(C2=C3CN(C)CC34C/C(=C/C#N)CC=C4N(Cl)C=C2)CC1. The highest BCUT2D eigenvalue weighted by atomic mass is 35.5. The van der Waals surface area contributed by atoms with E-state index in [-0.39, 0.29) is 5.41 Å². The predicted molar refractivity (Wildman–Crippen MR) is 104 cm³/mol. The van der Waals surface area contributed by atoms with Gasteiger partial charge in [0.05, 0.1) is 11.5 Å². The van der Waals surface area contributed by atoms with Gasteiger partial charge >= 0.3 is 0 Å². The first kappa shape index (κ1) is 17.7. The highest BCUT2D eigenvalue weighted by Crippen LogP contribution is 2.53. The highest BCUT2D eigenvalue weighted by Gasteiger charge is 2.50. The van der Waals surface area contributed by atoms with Gasteiger partial charge < -0.3 is 14.7 Å². The summed E-state index contributed by atoms with van der Waals surface area (Å²) < 4.78 is 1.78. The van der Waals surface area contributed by atoms with Crippen molar-refractivity contribution in [1.82, 2.24) is 19.1 Å². The van der Waals surface area contributed by atoms with Gasteiger partial charge in [-0.3, -0.25) is 4.42 Å². The first-order valence-corrected chi connectivity index (χ1v) is 9.64. The Bertz CT molecular complexity index is 751. The maximum atomic E-state index is 9.16. The molecule has 0 aromatic carbocycles. The average Bonchev–Trinajstić information content (AvgIpc) is 2.87. The smallest absolute Gasteiger partial charge is 0.0911 e. The molecule has 0 N–H and O–H groups in total. The van der Waals surface area contributed by atoms with E-state index in [4.69, 9.17) is 17.0 Å². The molecule has 4 aliphatic rings. The number of hydrogen-bond acceptors (Lipinski definition) is 5. The largest absolute Gasteiger partial charge is 0.369 e. The number of nitrogens with zero attached hydrogens (tertiary/aromatic N) is 5. The highest BCUT2D eigenvalue weighted by molar-refractivity contribution is 6.15. The van der Waals surface area contributed by atoms with E-state index in [2.05, 4.69) is 47.0 Å². The molecule has 0 bridgehead atoms. The summed E-state index contributed by atoms with van der Waals surface area (Å²) in [7, 11) is 4.37. The number of nitriles is 1. The molecule has 2 saturated heterocycles. The van der Waals surface area contributed by atoms with Gasteiger partial charge in [-0.15, -0.1) is 0 Å². The van der Waals surface area contributed by atoms with E-state index < -0.39 is 0 Å². The minimum absolute atomic E-state index is 0.125. The molecule has 1 aliphatic carbocycles.